The van der Waals surface area contributed by atoms with Crippen LogP contribution in [0.4, 0.5) is 0 Å². The first kappa shape index (κ1) is 76.3. The van der Waals surface area contributed by atoms with E-state index in [1.165, 1.54) is 103 Å². The van der Waals surface area contributed by atoms with Crippen molar-refractivity contribution in [2.45, 2.75) is 297 Å². The van der Waals surface area contributed by atoms with Gasteiger partial charge >= 0.3 is 17.9 Å². The van der Waals surface area contributed by atoms with Crippen molar-refractivity contribution in [2.24, 2.45) is 0 Å². The lowest BCUT2D eigenvalue weighted by Gasteiger charge is -2.18. The lowest BCUT2D eigenvalue weighted by atomic mass is 10.1. The molecule has 0 fully saturated rings. The summed E-state index contributed by atoms with van der Waals surface area (Å²) in [5, 5.41) is 0. The van der Waals surface area contributed by atoms with Crippen LogP contribution in [-0.4, -0.2) is 37.2 Å². The lowest BCUT2D eigenvalue weighted by molar-refractivity contribution is -0.167. The van der Waals surface area contributed by atoms with E-state index in [-0.39, 0.29) is 31.1 Å². The van der Waals surface area contributed by atoms with Crippen molar-refractivity contribution in [3.05, 3.63) is 146 Å². The quantitative estimate of drug-likeness (QED) is 0.0261. The molecule has 0 rings (SSSR count). The Morgan fingerprint density at radius 3 is 0.753 bits per heavy atom. The normalized spacial score (nSPS) is 13.1. The van der Waals surface area contributed by atoms with Crippen LogP contribution < -0.4 is 0 Å². The van der Waals surface area contributed by atoms with Gasteiger partial charge in [0.25, 0.3) is 0 Å². The zero-order valence-corrected chi connectivity index (χ0v) is 52.5. The summed E-state index contributed by atoms with van der Waals surface area (Å²) >= 11 is 0. The molecule has 0 heterocycles. The Hall–Kier alpha value is -4.71. The van der Waals surface area contributed by atoms with Crippen molar-refractivity contribution in [3.8, 4) is 0 Å². The number of rotatable bonds is 59. The molecule has 0 bridgehead atoms. The molecule has 81 heavy (non-hydrogen) atoms. The van der Waals surface area contributed by atoms with Gasteiger partial charge in [-0.2, -0.15) is 0 Å². The summed E-state index contributed by atoms with van der Waals surface area (Å²) in [6.07, 6.45) is 97.1. The molecule has 0 aromatic rings. The highest BCUT2D eigenvalue weighted by Gasteiger charge is 2.19. The molecule has 0 radical (unpaired) electrons. The number of ether oxygens (including phenoxy) is 3. The molecule has 1 unspecified atom stereocenters. The number of hydrogen-bond acceptors (Lipinski definition) is 6. The Kier molecular flexibility index (Phi) is 63.9. The van der Waals surface area contributed by atoms with Crippen molar-refractivity contribution in [3.63, 3.8) is 0 Å². The maximum atomic E-state index is 12.9. The Bertz CT molecular complexity index is 1760. The van der Waals surface area contributed by atoms with Crippen molar-refractivity contribution in [1.29, 1.82) is 0 Å². The minimum atomic E-state index is -0.804. The lowest BCUT2D eigenvalue weighted by Crippen LogP contribution is -2.30. The number of esters is 3. The summed E-state index contributed by atoms with van der Waals surface area (Å²) in [6, 6.07) is 0. The van der Waals surface area contributed by atoms with Crippen LogP contribution in [0.1, 0.15) is 290 Å². The minimum Gasteiger partial charge on any atom is -0.462 e. The van der Waals surface area contributed by atoms with Crippen LogP contribution >= 0.6 is 0 Å². The maximum Gasteiger partial charge on any atom is 0.306 e. The first-order chi connectivity index (χ1) is 40.0. The van der Waals surface area contributed by atoms with E-state index in [2.05, 4.69) is 167 Å². The average molecular weight is 1120 g/mol. The summed E-state index contributed by atoms with van der Waals surface area (Å²) in [5.74, 6) is -0.930. The maximum absolute atomic E-state index is 12.9. The molecule has 0 aromatic heterocycles. The third-order valence-electron chi connectivity index (χ3n) is 13.8. The van der Waals surface area contributed by atoms with Gasteiger partial charge in [-0.25, -0.2) is 0 Å². The highest BCUT2D eigenvalue weighted by molar-refractivity contribution is 5.71. The number of carbonyl (C=O) groups excluding carboxylic acids is 3. The predicted molar refractivity (Wildman–Crippen MR) is 352 cm³/mol. The van der Waals surface area contributed by atoms with Gasteiger partial charge in [-0.15, -0.1) is 0 Å². The highest BCUT2D eigenvalue weighted by Crippen LogP contribution is 2.15. The standard InChI is InChI=1S/C75H122O6/c1-4-7-10-13-16-19-22-25-28-31-32-33-34-35-36-37-38-39-40-41-42-45-47-50-53-56-59-62-65-68-74(77)80-71-72(81-75(78)69-66-63-60-57-54-51-48-44-30-27-24-21-18-15-12-9-6-3)70-79-73(76)67-64-61-58-55-52-49-46-43-29-26-23-20-17-14-11-8-5-2/h7,9-10,12,16-21,25-30,32-33,35-36,38-39,48,51,72H,4-6,8,11,13-15,22-24,31,34,37,40-47,49-50,52-71H2,1-3H3/b10-7-,12-9-,19-16-,20-17-,21-18-,28-25-,29-26-,30-27-,33-32-,36-35-,39-38-,51-48-. The molecule has 6 heteroatoms. The highest BCUT2D eigenvalue weighted by atomic mass is 16.6. The Morgan fingerprint density at radius 1 is 0.259 bits per heavy atom. The van der Waals surface area contributed by atoms with Gasteiger partial charge < -0.3 is 14.2 Å². The van der Waals surface area contributed by atoms with Crippen molar-refractivity contribution < 1.29 is 28.6 Å². The van der Waals surface area contributed by atoms with E-state index in [0.717, 1.165) is 148 Å². The fourth-order valence-corrected chi connectivity index (χ4v) is 8.88. The summed E-state index contributed by atoms with van der Waals surface area (Å²) in [7, 11) is 0. The van der Waals surface area contributed by atoms with Gasteiger partial charge in [0.15, 0.2) is 6.10 Å². The Balaban J connectivity index is 4.38. The number of hydrogen-bond donors (Lipinski definition) is 0. The molecular weight excluding hydrogens is 997 g/mol. The van der Waals surface area contributed by atoms with Crippen LogP contribution in [0.25, 0.3) is 0 Å². The third kappa shape index (κ3) is 66.0. The molecule has 1 atom stereocenters. The molecule has 458 valence electrons. The second kappa shape index (κ2) is 67.8. The van der Waals surface area contributed by atoms with E-state index in [9.17, 15) is 14.4 Å². The Morgan fingerprint density at radius 2 is 0.481 bits per heavy atom. The van der Waals surface area contributed by atoms with E-state index in [1.54, 1.807) is 0 Å². The predicted octanol–water partition coefficient (Wildman–Crippen LogP) is 23.1. The van der Waals surface area contributed by atoms with Gasteiger partial charge in [-0.3, -0.25) is 14.4 Å². The fraction of sp³-hybridized carbons (Fsp3) is 0.640. The second-order valence-electron chi connectivity index (χ2n) is 21.6. The van der Waals surface area contributed by atoms with E-state index in [0.29, 0.717) is 19.3 Å². The smallest absolute Gasteiger partial charge is 0.306 e. The fourth-order valence-electron chi connectivity index (χ4n) is 8.88. The van der Waals surface area contributed by atoms with Crippen molar-refractivity contribution in [2.75, 3.05) is 13.2 Å². The van der Waals surface area contributed by atoms with Gasteiger partial charge in [0.1, 0.15) is 13.2 Å². The van der Waals surface area contributed by atoms with Gasteiger partial charge in [0.2, 0.25) is 0 Å². The summed E-state index contributed by atoms with van der Waals surface area (Å²) in [4.78, 5) is 38.4. The van der Waals surface area contributed by atoms with Crippen molar-refractivity contribution in [1.82, 2.24) is 0 Å². The summed E-state index contributed by atoms with van der Waals surface area (Å²) < 4.78 is 16.9. The second-order valence-corrected chi connectivity index (χ2v) is 21.6. The van der Waals surface area contributed by atoms with Crippen LogP contribution in [0, 0.1) is 0 Å². The molecule has 0 aliphatic heterocycles. The van der Waals surface area contributed by atoms with Gasteiger partial charge in [-0.05, 0) is 141 Å². The van der Waals surface area contributed by atoms with E-state index in [1.807, 2.05) is 0 Å². The molecular formula is C75H122O6. The molecule has 0 N–H and O–H groups in total. The number of unbranched alkanes of at least 4 members (excludes halogenated alkanes) is 24. The average Bonchev–Trinajstić information content (AvgIpc) is 3.47. The third-order valence-corrected chi connectivity index (χ3v) is 13.8. The van der Waals surface area contributed by atoms with E-state index >= 15 is 0 Å². The molecule has 0 saturated carbocycles. The zero-order valence-electron chi connectivity index (χ0n) is 52.5. The van der Waals surface area contributed by atoms with Gasteiger partial charge in [0, 0.05) is 19.3 Å². The zero-order chi connectivity index (χ0) is 58.5. The largest absolute Gasteiger partial charge is 0.462 e. The summed E-state index contributed by atoms with van der Waals surface area (Å²) in [6.45, 7) is 6.37. The first-order valence-corrected chi connectivity index (χ1v) is 33.3. The minimum absolute atomic E-state index is 0.0971. The molecule has 0 aliphatic rings. The van der Waals surface area contributed by atoms with Gasteiger partial charge in [0.05, 0.1) is 0 Å². The first-order valence-electron chi connectivity index (χ1n) is 33.3. The molecule has 0 spiro atoms. The van der Waals surface area contributed by atoms with Crippen LogP contribution in [0.5, 0.6) is 0 Å². The van der Waals surface area contributed by atoms with Crippen LogP contribution in [0.2, 0.25) is 0 Å². The molecule has 0 aliphatic carbocycles. The Labute approximate surface area is 499 Å². The molecule has 0 amide bonds. The topological polar surface area (TPSA) is 78.9 Å². The van der Waals surface area contributed by atoms with E-state index in [4.69, 9.17) is 14.2 Å². The van der Waals surface area contributed by atoms with Crippen LogP contribution in [-0.2, 0) is 28.6 Å². The summed E-state index contributed by atoms with van der Waals surface area (Å²) in [5.41, 5.74) is 0. The monoisotopic (exact) mass is 1120 g/mol. The molecule has 0 aromatic carbocycles. The number of allylic oxidation sites excluding steroid dienone is 24. The van der Waals surface area contributed by atoms with Crippen molar-refractivity contribution >= 4 is 17.9 Å². The number of carbonyl (C=O) groups is 3. The SMILES string of the molecule is CC/C=C\C/C=C\C/C=C\C/C=C\C/C=C\C/C=C\CCCCCCCCCCCCC(=O)OCC(COC(=O)CCCCCCCCC/C=C\C/C=C\CCCCC)OC(=O)CCCCCC/C=C\C/C=C\C/C=C\C/C=C\CC. The molecule has 6 nitrogen and oxygen atoms in total. The molecule has 0 saturated heterocycles. The van der Waals surface area contributed by atoms with Crippen LogP contribution in [0.15, 0.2) is 146 Å². The van der Waals surface area contributed by atoms with Gasteiger partial charge in [-0.1, -0.05) is 276 Å². The van der Waals surface area contributed by atoms with E-state index < -0.39 is 6.10 Å². The van der Waals surface area contributed by atoms with Crippen LogP contribution in [0.3, 0.4) is 0 Å².